The van der Waals surface area contributed by atoms with Crippen molar-refractivity contribution < 1.29 is -14.4 Å². The standard InChI is InChI=1S/16ClH.Fe/h16*1H;/q;;;;;;;;;;;;;;;;+16/p-16. The summed E-state index contributed by atoms with van der Waals surface area (Å²) in [6.07, 6.45) is 0. The zero-order valence-electron chi connectivity index (χ0n) is 6.40. The minimum atomic E-state index is -15.5. The Morgan fingerprint density at radius 2 is 0.235 bits per heavy atom. The SMILES string of the molecule is [Cl][Fe]([Cl])([Cl])([Cl])([Cl])([Cl])([Cl])([Cl])([Cl])([Cl])([Cl])([Cl])([Cl])([Cl])([Cl])[Cl]. The normalized spacial score (nSPS) is 63.1. The van der Waals surface area contributed by atoms with Crippen LogP contribution in [0.4, 0.5) is 0 Å². The Morgan fingerprint density at radius 3 is 0.235 bits per heavy atom. The number of rotatable bonds is 0. The zero-order valence-corrected chi connectivity index (χ0v) is 19.6. The predicted octanol–water partition coefficient (Wildman–Crippen LogP) is 11.0. The second-order valence-electron chi connectivity index (χ2n) is 6.06. The summed E-state index contributed by atoms with van der Waals surface area (Å²) in [6, 6.07) is 0. The summed E-state index contributed by atoms with van der Waals surface area (Å²) in [6.45, 7) is 0. The van der Waals surface area contributed by atoms with Crippen molar-refractivity contribution in [3.8, 4) is 0 Å². The number of hydrogen-bond acceptors (Lipinski definition) is 0. The first-order valence-corrected chi connectivity index (χ1v) is 26.4. The Bertz CT molecular complexity index is 834. The first-order chi connectivity index (χ1) is 4.00. The molecule has 0 nitrogen and oxygen atoms in total. The van der Waals surface area contributed by atoms with E-state index in [1.165, 1.54) is 0 Å². The fourth-order valence-corrected chi connectivity index (χ4v) is 0. The molecule has 0 bridgehead atoms. The molecule has 0 aliphatic carbocycles. The third kappa shape index (κ3) is 292. The van der Waals surface area contributed by atoms with Gasteiger partial charge in [0.25, 0.3) is 0 Å². The third-order valence-corrected chi connectivity index (χ3v) is 0. The molecular weight excluding hydrogens is 623 g/mol. The van der Waals surface area contributed by atoms with E-state index in [0.717, 1.165) is 0 Å². The Hall–Kier alpha value is 5.16. The van der Waals surface area contributed by atoms with Crippen LogP contribution in [-0.2, 0) is -14.4 Å². The van der Waals surface area contributed by atoms with Crippen molar-refractivity contribution in [1.29, 1.82) is 0 Å². The van der Waals surface area contributed by atoms with Crippen molar-refractivity contribution in [3.63, 3.8) is 0 Å². The fourth-order valence-electron chi connectivity index (χ4n) is 0. The average Bonchev–Trinajstić information content (AvgIpc) is 0.323. The van der Waals surface area contributed by atoms with Crippen molar-refractivity contribution >= 4 is 162 Å². The van der Waals surface area contributed by atoms with Gasteiger partial charge in [-0.25, -0.2) is 0 Å². The monoisotopic (exact) mass is 615 g/mol. The molecule has 0 heterocycles. The quantitative estimate of drug-likeness (QED) is 0.236. The van der Waals surface area contributed by atoms with Crippen molar-refractivity contribution in [2.45, 2.75) is 0 Å². The van der Waals surface area contributed by atoms with E-state index < -0.39 is -14.4 Å². The van der Waals surface area contributed by atoms with Crippen LogP contribution in [0.2, 0.25) is 0 Å². The molecular formula is Cl16Fe. The Balaban J connectivity index is 11.5. The summed E-state index contributed by atoms with van der Waals surface area (Å²) < 4.78 is -15.5. The predicted molar refractivity (Wildman–Crippen MR) is 93.6 cm³/mol. The Kier molecular flexibility index (Phi) is 0.716. The van der Waals surface area contributed by atoms with Crippen molar-refractivity contribution in [3.05, 3.63) is 0 Å². The van der Waals surface area contributed by atoms with E-state index in [1.807, 2.05) is 0 Å². The van der Waals surface area contributed by atoms with Crippen LogP contribution in [0.3, 0.4) is 0 Å². The molecule has 0 aromatic rings. The maximum atomic E-state index is 5.09. The van der Waals surface area contributed by atoms with Gasteiger partial charge in [0, 0.05) is 0 Å². The molecule has 0 atom stereocenters. The topological polar surface area (TPSA) is 0 Å². The number of hydrogen-bond donors (Lipinski definition) is 0. The molecule has 0 aromatic heterocycles. The number of halogens is 16. The van der Waals surface area contributed by atoms with Crippen LogP contribution in [0.25, 0.3) is 0 Å². The van der Waals surface area contributed by atoms with Gasteiger partial charge in [-0.3, -0.25) is 0 Å². The van der Waals surface area contributed by atoms with Gasteiger partial charge in [0.2, 0.25) is 0 Å². The third-order valence-electron chi connectivity index (χ3n) is 0. The van der Waals surface area contributed by atoms with Crippen molar-refractivity contribution in [1.82, 2.24) is 0 Å². The van der Waals surface area contributed by atoms with Crippen LogP contribution in [0, 0.1) is 0 Å². The van der Waals surface area contributed by atoms with Crippen LogP contribution in [0.15, 0.2) is 0 Å². The molecule has 0 aromatic carbocycles. The molecule has 0 rings (SSSR count). The Morgan fingerprint density at radius 1 is 0.235 bits per heavy atom. The molecule has 0 spiro atoms. The van der Waals surface area contributed by atoms with Crippen LogP contribution in [0.1, 0.15) is 0 Å². The molecule has 0 amide bonds. The van der Waals surface area contributed by atoms with E-state index in [0.29, 0.717) is 0 Å². The molecule has 0 saturated carbocycles. The molecule has 0 aliphatic heterocycles. The van der Waals surface area contributed by atoms with Gasteiger partial charge in [-0.1, -0.05) is 0 Å². The van der Waals surface area contributed by atoms with Crippen LogP contribution < -0.4 is 0 Å². The van der Waals surface area contributed by atoms with E-state index >= 15 is 0 Å². The second-order valence-corrected chi connectivity index (χ2v) is 225. The van der Waals surface area contributed by atoms with Gasteiger partial charge in [0.15, 0.2) is 0 Å². The molecule has 0 aliphatic rings. The van der Waals surface area contributed by atoms with Gasteiger partial charge in [0.05, 0.1) is 0 Å². The average molecular weight is 623 g/mol. The van der Waals surface area contributed by atoms with E-state index in [-0.39, 0.29) is 0 Å². The van der Waals surface area contributed by atoms with Crippen molar-refractivity contribution in [2.75, 3.05) is 0 Å². The molecule has 120 valence electrons. The van der Waals surface area contributed by atoms with E-state index in [2.05, 4.69) is 0 Å². The molecule has 17 heteroatoms. The van der Waals surface area contributed by atoms with Crippen LogP contribution in [0.5, 0.6) is 0 Å². The van der Waals surface area contributed by atoms with E-state index in [9.17, 15) is 0 Å². The maximum absolute atomic E-state index is 15.5. The summed E-state index contributed by atoms with van der Waals surface area (Å²) in [5.74, 6) is 0. The molecule has 17 heavy (non-hydrogen) atoms. The molecule has 0 radical (unpaired) electrons. The van der Waals surface area contributed by atoms with Gasteiger partial charge in [0.1, 0.15) is 0 Å². The van der Waals surface area contributed by atoms with Gasteiger partial charge >= 0.3 is 147 Å². The van der Waals surface area contributed by atoms with Crippen LogP contribution >= 0.6 is 162 Å². The van der Waals surface area contributed by atoms with E-state index in [4.69, 9.17) is 162 Å². The second kappa shape index (κ2) is 0.549. The Labute approximate surface area is 144 Å². The minimum absolute atomic E-state index is 5.09. The molecule has 0 unspecified atom stereocenters. The van der Waals surface area contributed by atoms with Gasteiger partial charge in [-0.15, -0.1) is 0 Å². The summed E-state index contributed by atoms with van der Waals surface area (Å²) in [5.41, 5.74) is 0. The van der Waals surface area contributed by atoms with Gasteiger partial charge in [-0.2, -0.15) is 0 Å². The summed E-state index contributed by atoms with van der Waals surface area (Å²) in [4.78, 5) is 0. The molecule has 0 N–H and O–H groups in total. The summed E-state index contributed by atoms with van der Waals surface area (Å²) >= 11 is 0. The van der Waals surface area contributed by atoms with Crippen LogP contribution in [-0.4, -0.2) is 0 Å². The zero-order chi connectivity index (χ0) is 16.2. The van der Waals surface area contributed by atoms with Crippen molar-refractivity contribution in [2.24, 2.45) is 0 Å². The molecule has 0 saturated heterocycles. The first kappa shape index (κ1) is 22.2. The van der Waals surface area contributed by atoms with Gasteiger partial charge < -0.3 is 0 Å². The fraction of sp³-hybridized carbons (Fsp3) is 0. The van der Waals surface area contributed by atoms with Gasteiger partial charge in [-0.05, 0) is 0 Å². The van der Waals surface area contributed by atoms with E-state index in [1.54, 1.807) is 0 Å². The molecule has 0 fully saturated rings. The first-order valence-electron chi connectivity index (χ1n) is 2.14. The summed E-state index contributed by atoms with van der Waals surface area (Å²) in [5, 5.41) is 0. The summed E-state index contributed by atoms with van der Waals surface area (Å²) in [7, 11) is 81.5.